The molecule has 1 amide bonds. The first-order valence-electron chi connectivity index (χ1n) is 10.4. The highest BCUT2D eigenvalue weighted by Gasteiger charge is 2.20. The summed E-state index contributed by atoms with van der Waals surface area (Å²) >= 11 is 0. The van der Waals surface area contributed by atoms with Gasteiger partial charge in [-0.2, -0.15) is 0 Å². The molecule has 0 saturated heterocycles. The quantitative estimate of drug-likeness (QED) is 0.414. The van der Waals surface area contributed by atoms with Crippen LogP contribution in [0, 0.1) is 5.82 Å². The number of rotatable bonds is 10. The van der Waals surface area contributed by atoms with Crippen LogP contribution in [0.3, 0.4) is 0 Å². The number of amides is 1. The van der Waals surface area contributed by atoms with Crippen LogP contribution in [-0.2, 0) is 13.1 Å². The Morgan fingerprint density at radius 3 is 2.53 bits per heavy atom. The number of unbranched alkanes of at least 4 members (excludes halogenated alkanes) is 2. The molecular formula is C25H29FN2O2. The highest BCUT2D eigenvalue weighted by Crippen LogP contribution is 2.21. The Morgan fingerprint density at radius 2 is 1.80 bits per heavy atom. The van der Waals surface area contributed by atoms with Crippen LogP contribution in [0.15, 0.2) is 66.9 Å². The topological polar surface area (TPSA) is 34.5 Å². The Bertz CT molecular complexity index is 950. The number of hydrogen-bond donors (Lipinski definition) is 0. The van der Waals surface area contributed by atoms with Crippen LogP contribution in [0.2, 0.25) is 0 Å². The predicted octanol–water partition coefficient (Wildman–Crippen LogP) is 5.52. The van der Waals surface area contributed by atoms with E-state index in [1.54, 1.807) is 19.2 Å². The molecule has 5 heteroatoms. The molecule has 2 aromatic carbocycles. The summed E-state index contributed by atoms with van der Waals surface area (Å²) in [4.78, 5) is 15.2. The van der Waals surface area contributed by atoms with Gasteiger partial charge >= 0.3 is 0 Å². The fourth-order valence-corrected chi connectivity index (χ4v) is 3.53. The van der Waals surface area contributed by atoms with E-state index >= 15 is 0 Å². The molecule has 0 aliphatic carbocycles. The molecule has 0 radical (unpaired) electrons. The highest BCUT2D eigenvalue weighted by atomic mass is 19.1. The molecule has 0 unspecified atom stereocenters. The summed E-state index contributed by atoms with van der Waals surface area (Å²) in [5.74, 6) is 0.318. The monoisotopic (exact) mass is 408 g/mol. The fraction of sp³-hybridized carbons (Fsp3) is 0.320. The largest absolute Gasteiger partial charge is 0.496 e. The Kier molecular flexibility index (Phi) is 7.66. The minimum absolute atomic E-state index is 0.0296. The SMILES string of the molecule is CCCCCN(Cc1cccn1Cc1ccc(F)cc1)C(=O)c1ccccc1OC. The molecule has 0 spiro atoms. The summed E-state index contributed by atoms with van der Waals surface area (Å²) in [5, 5.41) is 0. The zero-order valence-electron chi connectivity index (χ0n) is 17.7. The minimum Gasteiger partial charge on any atom is -0.496 e. The van der Waals surface area contributed by atoms with Crippen LogP contribution >= 0.6 is 0 Å². The summed E-state index contributed by atoms with van der Waals surface area (Å²) in [6, 6.07) is 17.9. The van der Waals surface area contributed by atoms with Crippen molar-refractivity contribution in [2.75, 3.05) is 13.7 Å². The number of ether oxygens (including phenoxy) is 1. The molecule has 0 bridgehead atoms. The van der Waals surface area contributed by atoms with Crippen molar-refractivity contribution >= 4 is 5.91 Å². The molecule has 0 fully saturated rings. The van der Waals surface area contributed by atoms with Crippen molar-refractivity contribution in [1.29, 1.82) is 0 Å². The molecule has 158 valence electrons. The van der Waals surface area contributed by atoms with Gasteiger partial charge in [-0.25, -0.2) is 4.39 Å². The predicted molar refractivity (Wildman–Crippen MR) is 117 cm³/mol. The summed E-state index contributed by atoms with van der Waals surface area (Å²) in [6.07, 6.45) is 5.12. The van der Waals surface area contributed by atoms with Gasteiger partial charge in [0, 0.05) is 25.0 Å². The normalized spacial score (nSPS) is 10.8. The second kappa shape index (κ2) is 10.6. The molecule has 30 heavy (non-hydrogen) atoms. The molecule has 4 nitrogen and oxygen atoms in total. The number of carbonyl (C=O) groups excluding carboxylic acids is 1. The number of benzene rings is 2. The average molecular weight is 409 g/mol. The van der Waals surface area contributed by atoms with Crippen LogP contribution in [0.4, 0.5) is 4.39 Å². The first kappa shape index (κ1) is 21.6. The number of para-hydroxylation sites is 1. The van der Waals surface area contributed by atoms with Crippen LogP contribution in [0.25, 0.3) is 0 Å². The van der Waals surface area contributed by atoms with Crippen molar-refractivity contribution in [1.82, 2.24) is 9.47 Å². The number of halogens is 1. The molecule has 1 heterocycles. The lowest BCUT2D eigenvalue weighted by molar-refractivity contribution is 0.0733. The zero-order valence-corrected chi connectivity index (χ0v) is 17.7. The Labute approximate surface area is 177 Å². The Hall–Kier alpha value is -3.08. The maximum atomic E-state index is 13.3. The summed E-state index contributed by atoms with van der Waals surface area (Å²) in [6.45, 7) is 3.98. The van der Waals surface area contributed by atoms with Gasteiger partial charge in [0.15, 0.2) is 0 Å². The van der Waals surface area contributed by atoms with E-state index in [0.29, 0.717) is 30.9 Å². The van der Waals surface area contributed by atoms with Crippen molar-refractivity contribution in [2.45, 2.75) is 39.3 Å². The second-order valence-electron chi connectivity index (χ2n) is 7.39. The molecule has 3 aromatic rings. The van der Waals surface area contributed by atoms with Crippen molar-refractivity contribution < 1.29 is 13.9 Å². The van der Waals surface area contributed by atoms with Gasteiger partial charge in [0.25, 0.3) is 5.91 Å². The third kappa shape index (κ3) is 5.50. The van der Waals surface area contributed by atoms with Gasteiger partial charge in [-0.3, -0.25) is 4.79 Å². The number of nitrogens with zero attached hydrogens (tertiary/aromatic N) is 2. The van der Waals surface area contributed by atoms with E-state index in [1.807, 2.05) is 47.5 Å². The highest BCUT2D eigenvalue weighted by molar-refractivity contribution is 5.96. The standard InChI is InChI=1S/C25H29FN2O2/c1-3-4-7-16-28(25(29)23-10-5-6-11-24(23)30-2)19-22-9-8-17-27(22)18-20-12-14-21(26)15-13-20/h5-6,8-15,17H,3-4,7,16,18-19H2,1-2H3. The number of hydrogen-bond acceptors (Lipinski definition) is 2. The van der Waals surface area contributed by atoms with E-state index in [2.05, 4.69) is 11.5 Å². The molecular weight excluding hydrogens is 379 g/mol. The summed E-state index contributed by atoms with van der Waals surface area (Å²) in [7, 11) is 1.58. The van der Waals surface area contributed by atoms with Crippen molar-refractivity contribution in [3.63, 3.8) is 0 Å². The van der Waals surface area contributed by atoms with Crippen molar-refractivity contribution in [2.24, 2.45) is 0 Å². The molecule has 0 atom stereocenters. The summed E-state index contributed by atoms with van der Waals surface area (Å²) < 4.78 is 20.7. The third-order valence-electron chi connectivity index (χ3n) is 5.20. The lowest BCUT2D eigenvalue weighted by Gasteiger charge is -2.24. The van der Waals surface area contributed by atoms with E-state index in [0.717, 1.165) is 30.5 Å². The van der Waals surface area contributed by atoms with Crippen LogP contribution in [0.1, 0.15) is 47.8 Å². The van der Waals surface area contributed by atoms with E-state index in [9.17, 15) is 9.18 Å². The van der Waals surface area contributed by atoms with Gasteiger partial charge < -0.3 is 14.2 Å². The molecule has 0 N–H and O–H groups in total. The molecule has 0 saturated carbocycles. The smallest absolute Gasteiger partial charge is 0.257 e. The maximum Gasteiger partial charge on any atom is 0.257 e. The second-order valence-corrected chi connectivity index (χ2v) is 7.39. The van der Waals surface area contributed by atoms with Gasteiger partial charge in [-0.15, -0.1) is 0 Å². The first-order chi connectivity index (χ1) is 14.6. The molecule has 1 aromatic heterocycles. The van der Waals surface area contributed by atoms with Crippen molar-refractivity contribution in [3.8, 4) is 5.75 Å². The average Bonchev–Trinajstić information content (AvgIpc) is 3.20. The summed E-state index contributed by atoms with van der Waals surface area (Å²) in [5.41, 5.74) is 2.63. The zero-order chi connectivity index (χ0) is 21.3. The lowest BCUT2D eigenvalue weighted by Crippen LogP contribution is -2.32. The number of carbonyl (C=O) groups is 1. The van der Waals surface area contributed by atoms with Gasteiger partial charge in [0.1, 0.15) is 11.6 Å². The van der Waals surface area contributed by atoms with Crippen LogP contribution in [0.5, 0.6) is 5.75 Å². The Balaban J connectivity index is 1.81. The van der Waals surface area contributed by atoms with Crippen molar-refractivity contribution in [3.05, 3.63) is 89.5 Å². The third-order valence-corrected chi connectivity index (χ3v) is 5.20. The number of methoxy groups -OCH3 is 1. The van der Waals surface area contributed by atoms with E-state index in [1.165, 1.54) is 12.1 Å². The van der Waals surface area contributed by atoms with E-state index in [4.69, 9.17) is 4.74 Å². The molecule has 0 aliphatic heterocycles. The minimum atomic E-state index is -0.240. The van der Waals surface area contributed by atoms with Crippen LogP contribution in [-0.4, -0.2) is 29.0 Å². The maximum absolute atomic E-state index is 13.3. The number of aromatic nitrogens is 1. The first-order valence-corrected chi connectivity index (χ1v) is 10.4. The van der Waals surface area contributed by atoms with Gasteiger partial charge in [-0.05, 0) is 48.4 Å². The van der Waals surface area contributed by atoms with Gasteiger partial charge in [0.05, 0.1) is 19.2 Å². The van der Waals surface area contributed by atoms with Crippen LogP contribution < -0.4 is 4.74 Å². The van der Waals surface area contributed by atoms with E-state index < -0.39 is 0 Å². The molecule has 0 aliphatic rings. The van der Waals surface area contributed by atoms with Gasteiger partial charge in [0.2, 0.25) is 0 Å². The molecule has 3 rings (SSSR count). The Morgan fingerprint density at radius 1 is 1.03 bits per heavy atom. The van der Waals surface area contributed by atoms with E-state index in [-0.39, 0.29) is 11.7 Å². The lowest BCUT2D eigenvalue weighted by atomic mass is 10.1. The fourth-order valence-electron chi connectivity index (χ4n) is 3.53. The van der Waals surface area contributed by atoms with Gasteiger partial charge in [-0.1, -0.05) is 44.0 Å².